The molecule has 18 heavy (non-hydrogen) atoms. The number of hydrogen-bond donors (Lipinski definition) is 0. The van der Waals surface area contributed by atoms with Gasteiger partial charge < -0.3 is 19.9 Å². The summed E-state index contributed by atoms with van der Waals surface area (Å²) >= 11 is 3.29. The third-order valence-electron chi connectivity index (χ3n) is 2.28. The molecule has 0 fully saturated rings. The number of nitrogens with zero attached hydrogens (tertiary/aromatic N) is 1. The van der Waals surface area contributed by atoms with Gasteiger partial charge in [-0.2, -0.15) is 0 Å². The molecule has 1 rings (SSSR count). The molecule has 0 aliphatic carbocycles. The second kappa shape index (κ2) is 6.58. The van der Waals surface area contributed by atoms with E-state index >= 15 is 0 Å². The fourth-order valence-electron chi connectivity index (χ4n) is 1.38. The number of ether oxygens (including phenoxy) is 2. The summed E-state index contributed by atoms with van der Waals surface area (Å²) in [4.78, 5) is 15.8. The maximum Gasteiger partial charge on any atom is 0.310 e. The first kappa shape index (κ1) is 14.7. The van der Waals surface area contributed by atoms with Gasteiger partial charge in [0.1, 0.15) is 5.75 Å². The van der Waals surface area contributed by atoms with Crippen molar-refractivity contribution >= 4 is 27.6 Å². The highest BCUT2D eigenvalue weighted by Gasteiger charge is 2.14. The van der Waals surface area contributed by atoms with E-state index in [0.717, 1.165) is 0 Å². The first-order valence-corrected chi connectivity index (χ1v) is 5.77. The van der Waals surface area contributed by atoms with Gasteiger partial charge in [-0.3, -0.25) is 9.63 Å². The number of carbonyl (C=O) groups excluding carboxylic acids is 1. The molecule has 1 aromatic rings. The number of methoxy groups -OCH3 is 2. The molecule has 0 saturated heterocycles. The van der Waals surface area contributed by atoms with E-state index in [9.17, 15) is 10.0 Å². The Balaban J connectivity index is 3.15. The Morgan fingerprint density at radius 2 is 2.06 bits per heavy atom. The highest BCUT2D eigenvalue weighted by molar-refractivity contribution is 9.10. The topological polar surface area (TPSA) is 71.1 Å². The molecule has 100 valence electrons. The summed E-state index contributed by atoms with van der Waals surface area (Å²) in [6.07, 6.45) is 0.0480. The van der Waals surface area contributed by atoms with Crippen LogP contribution in [0.5, 0.6) is 5.75 Å². The van der Waals surface area contributed by atoms with Gasteiger partial charge in [-0.1, -0.05) is 15.9 Å². The lowest BCUT2D eigenvalue weighted by Crippen LogP contribution is -2.13. The highest BCUT2D eigenvalue weighted by atomic mass is 79.9. The molecule has 0 aliphatic rings. The summed E-state index contributed by atoms with van der Waals surface area (Å²) in [6, 6.07) is 3.02. The predicted octanol–water partition coefficient (Wildman–Crippen LogP) is 2.04. The van der Waals surface area contributed by atoms with E-state index in [1.165, 1.54) is 33.5 Å². The van der Waals surface area contributed by atoms with Crippen molar-refractivity contribution in [1.29, 1.82) is 0 Å². The number of halogens is 1. The first-order valence-electron chi connectivity index (χ1n) is 4.98. The average Bonchev–Trinajstić information content (AvgIpc) is 2.39. The summed E-state index contributed by atoms with van der Waals surface area (Å²) in [7, 11) is 4.02. The summed E-state index contributed by atoms with van der Waals surface area (Å²) < 4.78 is 10.3. The summed E-state index contributed by atoms with van der Waals surface area (Å²) in [5.74, 6) is 0.00939. The van der Waals surface area contributed by atoms with Crippen molar-refractivity contribution in [2.45, 2.75) is 6.42 Å². The van der Waals surface area contributed by atoms with Crippen LogP contribution in [-0.4, -0.2) is 27.3 Å². The lowest BCUT2D eigenvalue weighted by molar-refractivity contribution is -0.139. The maximum absolute atomic E-state index is 11.3. The minimum absolute atomic E-state index is 0.0480. The van der Waals surface area contributed by atoms with Crippen molar-refractivity contribution in [3.63, 3.8) is 0 Å². The molecule has 0 unspecified atom stereocenters. The number of benzene rings is 1. The molecule has 0 aliphatic heterocycles. The molecule has 1 aromatic carbocycles. The van der Waals surface area contributed by atoms with Gasteiger partial charge in [-0.25, -0.2) is 0 Å². The highest BCUT2D eigenvalue weighted by Crippen LogP contribution is 2.33. The van der Waals surface area contributed by atoms with Crippen LogP contribution in [-0.2, 0) is 20.8 Å². The third kappa shape index (κ3) is 3.34. The molecule has 0 bridgehead atoms. The second-order valence-electron chi connectivity index (χ2n) is 3.30. The SMILES string of the molecule is COC(=O)Cc1c(Br)cc(N([O-])OC)cc1OC. The van der Waals surface area contributed by atoms with Crippen molar-refractivity contribution in [3.05, 3.63) is 27.4 Å². The smallest absolute Gasteiger partial charge is 0.310 e. The molecular formula is C11H13BrNO5-. The molecule has 7 heteroatoms. The predicted molar refractivity (Wildman–Crippen MR) is 69.3 cm³/mol. The monoisotopic (exact) mass is 318 g/mol. The number of esters is 1. The van der Waals surface area contributed by atoms with Crippen LogP contribution in [0.15, 0.2) is 16.6 Å². The Morgan fingerprint density at radius 1 is 1.39 bits per heavy atom. The quantitative estimate of drug-likeness (QED) is 0.611. The Kier molecular flexibility index (Phi) is 5.39. The van der Waals surface area contributed by atoms with Crippen LogP contribution in [0.2, 0.25) is 0 Å². The van der Waals surface area contributed by atoms with Crippen molar-refractivity contribution in [3.8, 4) is 5.75 Å². The van der Waals surface area contributed by atoms with Gasteiger partial charge >= 0.3 is 5.97 Å². The van der Waals surface area contributed by atoms with Crippen LogP contribution in [0.1, 0.15) is 5.56 Å². The van der Waals surface area contributed by atoms with Gasteiger partial charge in [0.25, 0.3) is 0 Å². The van der Waals surface area contributed by atoms with Crippen molar-refractivity contribution in [2.75, 3.05) is 26.6 Å². The van der Waals surface area contributed by atoms with E-state index in [1.54, 1.807) is 0 Å². The summed E-state index contributed by atoms with van der Waals surface area (Å²) in [5.41, 5.74) is 0.868. The van der Waals surface area contributed by atoms with E-state index in [2.05, 4.69) is 25.5 Å². The van der Waals surface area contributed by atoms with Crippen molar-refractivity contribution in [1.82, 2.24) is 0 Å². The van der Waals surface area contributed by atoms with Crippen molar-refractivity contribution in [2.24, 2.45) is 0 Å². The van der Waals surface area contributed by atoms with Crippen molar-refractivity contribution < 1.29 is 19.1 Å². The second-order valence-corrected chi connectivity index (χ2v) is 4.16. The number of anilines is 1. The maximum atomic E-state index is 11.3. The summed E-state index contributed by atoms with van der Waals surface area (Å²) in [6.45, 7) is 0. The lowest BCUT2D eigenvalue weighted by atomic mass is 10.1. The Morgan fingerprint density at radius 3 is 2.56 bits per heavy atom. The van der Waals surface area contributed by atoms with Crippen LogP contribution >= 0.6 is 15.9 Å². The molecule has 0 saturated carbocycles. The van der Waals surface area contributed by atoms with Crippen LogP contribution < -0.4 is 9.96 Å². The van der Waals surface area contributed by atoms with Crippen LogP contribution in [0.3, 0.4) is 0 Å². The fraction of sp³-hybridized carbons (Fsp3) is 0.364. The number of carbonyl (C=O) groups is 1. The molecule has 0 spiro atoms. The van der Waals surface area contributed by atoms with Gasteiger partial charge in [-0.15, -0.1) is 0 Å². The Hall–Kier alpha value is -1.31. The van der Waals surface area contributed by atoms with E-state index in [-0.39, 0.29) is 12.1 Å². The number of hydrogen-bond acceptors (Lipinski definition) is 6. The largest absolute Gasteiger partial charge is 0.733 e. The standard InChI is InChI=1S/C11H13BrNO5/c1-16-10-5-7(13(15)18-3)4-9(12)8(10)6-11(14)17-2/h4-5H,6H2,1-3H3/q-1. The number of rotatable bonds is 5. The van der Waals surface area contributed by atoms with E-state index in [4.69, 9.17) is 4.74 Å². The van der Waals surface area contributed by atoms with Crippen LogP contribution in [0.25, 0.3) is 0 Å². The van der Waals surface area contributed by atoms with E-state index in [0.29, 0.717) is 21.0 Å². The minimum Gasteiger partial charge on any atom is -0.733 e. The van der Waals surface area contributed by atoms with Gasteiger partial charge in [-0.05, 0) is 6.07 Å². The molecule has 0 heterocycles. The Labute approximate surface area is 113 Å². The fourth-order valence-corrected chi connectivity index (χ4v) is 1.95. The third-order valence-corrected chi connectivity index (χ3v) is 2.99. The lowest BCUT2D eigenvalue weighted by Gasteiger charge is -2.28. The summed E-state index contributed by atoms with van der Waals surface area (Å²) in [5, 5.41) is 11.7. The average molecular weight is 319 g/mol. The molecular weight excluding hydrogens is 306 g/mol. The normalized spacial score (nSPS) is 10.1. The first-order chi connectivity index (χ1) is 8.53. The minimum atomic E-state index is -0.396. The molecule has 0 radical (unpaired) electrons. The zero-order chi connectivity index (χ0) is 13.7. The molecule has 0 amide bonds. The van der Waals surface area contributed by atoms with E-state index < -0.39 is 5.97 Å². The molecule has 6 nitrogen and oxygen atoms in total. The zero-order valence-electron chi connectivity index (χ0n) is 10.2. The van der Waals surface area contributed by atoms with E-state index in [1.807, 2.05) is 0 Å². The zero-order valence-corrected chi connectivity index (χ0v) is 11.8. The molecule has 0 N–H and O–H groups in total. The van der Waals surface area contributed by atoms with Crippen LogP contribution in [0, 0.1) is 5.21 Å². The molecule has 0 aromatic heterocycles. The Bertz CT molecular complexity index is 438. The van der Waals surface area contributed by atoms with Gasteiger partial charge in [0.15, 0.2) is 0 Å². The van der Waals surface area contributed by atoms with Crippen LogP contribution in [0.4, 0.5) is 5.69 Å². The molecule has 0 atom stereocenters. The van der Waals surface area contributed by atoms with Gasteiger partial charge in [0, 0.05) is 16.1 Å². The van der Waals surface area contributed by atoms with Gasteiger partial charge in [0.2, 0.25) is 0 Å². The van der Waals surface area contributed by atoms with Gasteiger partial charge in [0.05, 0.1) is 33.4 Å².